The predicted octanol–water partition coefficient (Wildman–Crippen LogP) is 3.59. The Labute approximate surface area is 127 Å². The van der Waals surface area contributed by atoms with Gasteiger partial charge in [-0.3, -0.25) is 10.1 Å². The van der Waals surface area contributed by atoms with Crippen LogP contribution in [0.2, 0.25) is 5.02 Å². The number of hydrogen-bond acceptors (Lipinski definition) is 6. The van der Waals surface area contributed by atoms with E-state index in [4.69, 9.17) is 11.6 Å². The van der Waals surface area contributed by atoms with Crippen molar-refractivity contribution in [1.82, 2.24) is 9.97 Å². The largest absolute Gasteiger partial charge is 0.357 e. The SMILES string of the molecule is CNc1ncc([N+](=O)[O-])c(Nc2ccc(Br)cc2Cl)n1. The zero-order valence-electron chi connectivity index (χ0n) is 10.2. The summed E-state index contributed by atoms with van der Waals surface area (Å²) in [5, 5.41) is 16.9. The first-order valence-corrected chi connectivity index (χ1v) is 6.59. The van der Waals surface area contributed by atoms with Crippen molar-refractivity contribution in [3.63, 3.8) is 0 Å². The van der Waals surface area contributed by atoms with Gasteiger partial charge >= 0.3 is 5.69 Å². The third kappa shape index (κ3) is 3.14. The van der Waals surface area contributed by atoms with E-state index >= 15 is 0 Å². The van der Waals surface area contributed by atoms with Crippen LogP contribution in [0.25, 0.3) is 0 Å². The van der Waals surface area contributed by atoms with Crippen molar-refractivity contribution in [2.24, 2.45) is 0 Å². The normalized spacial score (nSPS) is 10.2. The van der Waals surface area contributed by atoms with E-state index in [0.29, 0.717) is 10.7 Å². The summed E-state index contributed by atoms with van der Waals surface area (Å²) < 4.78 is 0.807. The molecule has 7 nitrogen and oxygen atoms in total. The van der Waals surface area contributed by atoms with E-state index in [2.05, 4.69) is 36.5 Å². The Balaban J connectivity index is 2.43. The van der Waals surface area contributed by atoms with Gasteiger partial charge in [0.25, 0.3) is 0 Å². The van der Waals surface area contributed by atoms with Gasteiger partial charge in [-0.15, -0.1) is 0 Å². The molecule has 2 N–H and O–H groups in total. The van der Waals surface area contributed by atoms with Crippen molar-refractivity contribution in [1.29, 1.82) is 0 Å². The molecule has 0 saturated carbocycles. The first-order chi connectivity index (χ1) is 9.51. The highest BCUT2D eigenvalue weighted by Crippen LogP contribution is 2.31. The second-order valence-electron chi connectivity index (χ2n) is 3.68. The van der Waals surface area contributed by atoms with Gasteiger partial charge in [-0.1, -0.05) is 27.5 Å². The van der Waals surface area contributed by atoms with Crippen LogP contribution < -0.4 is 10.6 Å². The van der Waals surface area contributed by atoms with Gasteiger partial charge in [-0.25, -0.2) is 4.98 Å². The van der Waals surface area contributed by atoms with Gasteiger partial charge in [0.2, 0.25) is 11.8 Å². The minimum absolute atomic E-state index is 0.0681. The Bertz CT molecular complexity index is 667. The fourth-order valence-electron chi connectivity index (χ4n) is 1.44. The zero-order valence-corrected chi connectivity index (χ0v) is 12.6. The summed E-state index contributed by atoms with van der Waals surface area (Å²) in [7, 11) is 1.62. The average Bonchev–Trinajstić information content (AvgIpc) is 2.41. The molecule has 2 rings (SSSR count). The van der Waals surface area contributed by atoms with Gasteiger partial charge in [0.05, 0.1) is 15.6 Å². The Morgan fingerprint density at radius 1 is 1.45 bits per heavy atom. The zero-order chi connectivity index (χ0) is 14.7. The number of aromatic nitrogens is 2. The molecule has 0 saturated heterocycles. The standard InChI is InChI=1S/C11H9BrClN5O2/c1-14-11-15-5-9(18(19)20)10(17-11)16-8-3-2-6(12)4-7(8)13/h2-5H,1H3,(H2,14,15,16,17). The van der Waals surface area contributed by atoms with E-state index in [0.717, 1.165) is 10.7 Å². The Morgan fingerprint density at radius 3 is 2.80 bits per heavy atom. The van der Waals surface area contributed by atoms with Crippen LogP contribution in [0, 0.1) is 10.1 Å². The molecule has 0 spiro atoms. The summed E-state index contributed by atoms with van der Waals surface area (Å²) in [6.07, 6.45) is 1.13. The fraction of sp³-hybridized carbons (Fsp3) is 0.0909. The van der Waals surface area contributed by atoms with Crippen LogP contribution in [-0.2, 0) is 0 Å². The second-order valence-corrected chi connectivity index (χ2v) is 5.01. The van der Waals surface area contributed by atoms with Crippen LogP contribution >= 0.6 is 27.5 Å². The van der Waals surface area contributed by atoms with Crippen LogP contribution in [0.5, 0.6) is 0 Å². The first kappa shape index (κ1) is 14.5. The summed E-state index contributed by atoms with van der Waals surface area (Å²) in [5.41, 5.74) is 0.279. The summed E-state index contributed by atoms with van der Waals surface area (Å²) in [5.74, 6) is 0.338. The predicted molar refractivity (Wildman–Crippen MR) is 80.7 cm³/mol. The molecule has 0 fully saturated rings. The number of nitro groups is 1. The molecule has 0 aliphatic heterocycles. The van der Waals surface area contributed by atoms with Gasteiger partial charge in [0.1, 0.15) is 6.20 Å². The third-order valence-corrected chi connectivity index (χ3v) is 3.18. The molecule has 0 atom stereocenters. The van der Waals surface area contributed by atoms with E-state index < -0.39 is 4.92 Å². The molecule has 0 aliphatic carbocycles. The topological polar surface area (TPSA) is 93.0 Å². The van der Waals surface area contributed by atoms with Crippen LogP contribution in [0.4, 0.5) is 23.1 Å². The molecule has 20 heavy (non-hydrogen) atoms. The van der Waals surface area contributed by atoms with Gasteiger partial charge in [0, 0.05) is 11.5 Å². The van der Waals surface area contributed by atoms with Gasteiger partial charge in [0.15, 0.2) is 0 Å². The minimum atomic E-state index is -0.561. The molecule has 9 heteroatoms. The van der Waals surface area contributed by atoms with Crippen molar-refractivity contribution < 1.29 is 4.92 Å². The highest BCUT2D eigenvalue weighted by Gasteiger charge is 2.18. The Hall–Kier alpha value is -1.93. The average molecular weight is 359 g/mol. The lowest BCUT2D eigenvalue weighted by molar-refractivity contribution is -0.384. The van der Waals surface area contributed by atoms with Gasteiger partial charge in [-0.2, -0.15) is 4.98 Å². The molecular weight excluding hydrogens is 350 g/mol. The molecule has 0 bridgehead atoms. The number of halogens is 2. The third-order valence-electron chi connectivity index (χ3n) is 2.37. The van der Waals surface area contributed by atoms with Crippen molar-refractivity contribution in [2.45, 2.75) is 0 Å². The Kier molecular flexibility index (Phi) is 4.35. The monoisotopic (exact) mass is 357 g/mol. The fourth-order valence-corrected chi connectivity index (χ4v) is 2.16. The van der Waals surface area contributed by atoms with E-state index in [-0.39, 0.29) is 17.5 Å². The highest BCUT2D eigenvalue weighted by molar-refractivity contribution is 9.10. The van der Waals surface area contributed by atoms with E-state index in [1.54, 1.807) is 25.2 Å². The van der Waals surface area contributed by atoms with Crippen LogP contribution in [0.15, 0.2) is 28.9 Å². The molecule has 2 aromatic rings. The Morgan fingerprint density at radius 2 is 2.20 bits per heavy atom. The maximum Gasteiger partial charge on any atom is 0.329 e. The van der Waals surface area contributed by atoms with Crippen LogP contribution in [-0.4, -0.2) is 21.9 Å². The number of benzene rings is 1. The van der Waals surface area contributed by atoms with E-state index in [1.807, 2.05) is 0 Å². The number of anilines is 3. The van der Waals surface area contributed by atoms with E-state index in [9.17, 15) is 10.1 Å². The summed E-state index contributed by atoms with van der Waals surface area (Å²) in [4.78, 5) is 18.3. The highest BCUT2D eigenvalue weighted by atomic mass is 79.9. The maximum absolute atomic E-state index is 11.0. The first-order valence-electron chi connectivity index (χ1n) is 5.42. The van der Waals surface area contributed by atoms with Crippen LogP contribution in [0.3, 0.4) is 0 Å². The van der Waals surface area contributed by atoms with Crippen molar-refractivity contribution in [2.75, 3.05) is 17.7 Å². The molecule has 0 unspecified atom stereocenters. The molecule has 1 aromatic heterocycles. The molecule has 104 valence electrons. The van der Waals surface area contributed by atoms with Crippen LogP contribution in [0.1, 0.15) is 0 Å². The minimum Gasteiger partial charge on any atom is -0.357 e. The maximum atomic E-state index is 11.0. The lowest BCUT2D eigenvalue weighted by atomic mass is 10.3. The number of nitrogens with zero attached hydrogens (tertiary/aromatic N) is 3. The molecule has 0 radical (unpaired) electrons. The lowest BCUT2D eigenvalue weighted by Gasteiger charge is -2.09. The number of rotatable bonds is 4. The lowest BCUT2D eigenvalue weighted by Crippen LogP contribution is -2.04. The molecule has 1 heterocycles. The molecular formula is C11H9BrClN5O2. The van der Waals surface area contributed by atoms with Crippen molar-refractivity contribution in [3.05, 3.63) is 44.0 Å². The number of nitrogens with one attached hydrogen (secondary N) is 2. The number of hydrogen-bond donors (Lipinski definition) is 2. The summed E-state index contributed by atoms with van der Waals surface area (Å²) in [6.45, 7) is 0. The van der Waals surface area contributed by atoms with Gasteiger partial charge < -0.3 is 10.6 Å². The summed E-state index contributed by atoms with van der Waals surface area (Å²) >= 11 is 9.35. The molecule has 0 aliphatic rings. The van der Waals surface area contributed by atoms with Crippen molar-refractivity contribution in [3.8, 4) is 0 Å². The molecule has 0 amide bonds. The van der Waals surface area contributed by atoms with E-state index in [1.165, 1.54) is 0 Å². The van der Waals surface area contributed by atoms with Gasteiger partial charge in [-0.05, 0) is 18.2 Å². The summed E-state index contributed by atoms with van der Waals surface area (Å²) in [6, 6.07) is 5.13. The smallest absolute Gasteiger partial charge is 0.329 e. The van der Waals surface area contributed by atoms with Crippen molar-refractivity contribution >= 4 is 50.7 Å². The quantitative estimate of drug-likeness (QED) is 0.641. The second kappa shape index (κ2) is 6.02. The molecule has 1 aromatic carbocycles.